The Balaban J connectivity index is 1.86. The van der Waals surface area contributed by atoms with Gasteiger partial charge in [0.2, 0.25) is 0 Å². The largest absolute Gasteiger partial charge is 0.416 e. The number of alkyl halides is 3. The van der Waals surface area contributed by atoms with Crippen LogP contribution in [-0.4, -0.2) is 27.9 Å². The molecule has 0 aliphatic carbocycles. The second-order valence-electron chi connectivity index (χ2n) is 4.86. The molecule has 0 fully saturated rings. The molecule has 0 spiro atoms. The average Bonchev–Trinajstić information content (AvgIpc) is 3.08. The van der Waals surface area contributed by atoms with Crippen LogP contribution in [0.4, 0.5) is 19.0 Å². The van der Waals surface area contributed by atoms with Crippen molar-refractivity contribution in [3.63, 3.8) is 0 Å². The van der Waals surface area contributed by atoms with Gasteiger partial charge in [0.1, 0.15) is 24.3 Å². The number of hydrogen-bond donors (Lipinski definition) is 1. The Morgan fingerprint density at radius 1 is 1.08 bits per heavy atom. The molecule has 2 aromatic heterocycles. The van der Waals surface area contributed by atoms with Gasteiger partial charge in [-0.05, 0) is 24.3 Å². The van der Waals surface area contributed by atoms with Crippen LogP contribution in [0.3, 0.4) is 0 Å². The van der Waals surface area contributed by atoms with E-state index in [2.05, 4.69) is 19.7 Å². The van der Waals surface area contributed by atoms with Crippen molar-refractivity contribution in [1.82, 2.24) is 19.5 Å². The van der Waals surface area contributed by atoms with Gasteiger partial charge in [0.15, 0.2) is 0 Å². The van der Waals surface area contributed by atoms with E-state index in [9.17, 15) is 21.6 Å². The van der Waals surface area contributed by atoms with Crippen molar-refractivity contribution in [2.75, 3.05) is 4.72 Å². The average molecular weight is 369 g/mol. The summed E-state index contributed by atoms with van der Waals surface area (Å²) >= 11 is 0. The van der Waals surface area contributed by atoms with Gasteiger partial charge >= 0.3 is 6.18 Å². The second kappa shape index (κ2) is 6.16. The maximum atomic E-state index is 12.6. The summed E-state index contributed by atoms with van der Waals surface area (Å²) in [5, 5.41) is 0. The maximum Gasteiger partial charge on any atom is 0.416 e. The molecule has 1 N–H and O–H groups in total. The summed E-state index contributed by atoms with van der Waals surface area (Å²) in [5.41, 5.74) is -0.934. The summed E-state index contributed by atoms with van der Waals surface area (Å²) in [6, 6.07) is 4.52. The number of rotatable bonds is 4. The third kappa shape index (κ3) is 3.76. The minimum absolute atomic E-state index is 0.0291. The Kier molecular flexibility index (Phi) is 4.17. The molecule has 1 aromatic carbocycles. The van der Waals surface area contributed by atoms with E-state index >= 15 is 0 Å². The van der Waals surface area contributed by atoms with Crippen molar-refractivity contribution in [1.29, 1.82) is 0 Å². The predicted molar refractivity (Wildman–Crippen MR) is 81.4 cm³/mol. The first kappa shape index (κ1) is 16.9. The molecule has 3 rings (SSSR count). The monoisotopic (exact) mass is 369 g/mol. The van der Waals surface area contributed by atoms with Crippen molar-refractivity contribution < 1.29 is 21.6 Å². The molecule has 0 amide bonds. The summed E-state index contributed by atoms with van der Waals surface area (Å²) in [4.78, 5) is 11.3. The Morgan fingerprint density at radius 2 is 1.80 bits per heavy atom. The number of aromatic nitrogens is 4. The van der Waals surface area contributed by atoms with Crippen molar-refractivity contribution in [2.45, 2.75) is 11.1 Å². The zero-order valence-electron chi connectivity index (χ0n) is 12.3. The highest BCUT2D eigenvalue weighted by molar-refractivity contribution is 7.92. The fraction of sp³-hybridized carbons (Fsp3) is 0.0714. The van der Waals surface area contributed by atoms with E-state index in [1.54, 1.807) is 6.20 Å². The lowest BCUT2D eigenvalue weighted by molar-refractivity contribution is -0.137. The molecule has 130 valence electrons. The summed E-state index contributed by atoms with van der Waals surface area (Å²) in [6.07, 6.45) is 1.21. The highest BCUT2D eigenvalue weighted by Crippen LogP contribution is 2.30. The number of nitrogens with one attached hydrogen (secondary N) is 1. The minimum Gasteiger partial charge on any atom is -0.290 e. The van der Waals surface area contributed by atoms with Gasteiger partial charge < -0.3 is 0 Å². The van der Waals surface area contributed by atoms with Crippen LogP contribution in [0.2, 0.25) is 0 Å². The SMILES string of the molecule is O=S(=O)(Nc1cc(-n2ccnc2)ncn1)c1ccc(C(F)(F)F)cc1. The number of hydrogen-bond acceptors (Lipinski definition) is 5. The van der Waals surface area contributed by atoms with E-state index in [1.807, 2.05) is 0 Å². The standard InChI is InChI=1S/C14H10F3N5O2S/c15-14(16,17)10-1-3-11(4-2-10)25(23,24)21-12-7-13(20-8-19-12)22-6-5-18-9-22/h1-9H,(H,19,20,21). The Bertz CT molecular complexity index is 970. The molecule has 0 saturated carbocycles. The smallest absolute Gasteiger partial charge is 0.290 e. The number of imidazole rings is 1. The number of benzene rings is 1. The number of nitrogens with zero attached hydrogens (tertiary/aromatic N) is 4. The first-order valence-electron chi connectivity index (χ1n) is 6.76. The lowest BCUT2D eigenvalue weighted by Gasteiger charge is -2.10. The molecule has 0 unspecified atom stereocenters. The fourth-order valence-corrected chi connectivity index (χ4v) is 2.96. The van der Waals surface area contributed by atoms with Gasteiger partial charge in [0.25, 0.3) is 10.0 Å². The Labute approximate surface area is 140 Å². The molecular formula is C14H10F3N5O2S. The number of anilines is 1. The van der Waals surface area contributed by atoms with Gasteiger partial charge in [-0.3, -0.25) is 9.29 Å². The Hall–Kier alpha value is -2.95. The molecule has 0 radical (unpaired) electrons. The first-order chi connectivity index (χ1) is 11.8. The third-order valence-electron chi connectivity index (χ3n) is 3.15. The molecule has 11 heteroatoms. The molecule has 3 aromatic rings. The second-order valence-corrected chi connectivity index (χ2v) is 6.54. The van der Waals surface area contributed by atoms with Crippen LogP contribution in [0.15, 0.2) is 60.3 Å². The maximum absolute atomic E-state index is 12.6. The van der Waals surface area contributed by atoms with Gasteiger partial charge in [0.05, 0.1) is 10.5 Å². The van der Waals surface area contributed by atoms with Crippen molar-refractivity contribution in [3.8, 4) is 5.82 Å². The molecule has 0 saturated heterocycles. The Morgan fingerprint density at radius 3 is 2.40 bits per heavy atom. The number of halogens is 3. The predicted octanol–water partition coefficient (Wildman–Crippen LogP) is 2.48. The highest BCUT2D eigenvalue weighted by Gasteiger charge is 2.30. The van der Waals surface area contributed by atoms with Crippen LogP contribution in [0, 0.1) is 0 Å². The van der Waals surface area contributed by atoms with Crippen LogP contribution in [0.25, 0.3) is 5.82 Å². The molecule has 25 heavy (non-hydrogen) atoms. The summed E-state index contributed by atoms with van der Waals surface area (Å²) < 4.78 is 66.0. The van der Waals surface area contributed by atoms with E-state index in [4.69, 9.17) is 0 Å². The zero-order valence-corrected chi connectivity index (χ0v) is 13.2. The molecule has 0 aliphatic heterocycles. The summed E-state index contributed by atoms with van der Waals surface area (Å²) in [5.74, 6) is 0.344. The molecule has 2 heterocycles. The topological polar surface area (TPSA) is 89.8 Å². The number of sulfonamides is 1. The zero-order chi connectivity index (χ0) is 18.1. The molecule has 0 atom stereocenters. The van der Waals surface area contributed by atoms with Crippen LogP contribution in [0.5, 0.6) is 0 Å². The van der Waals surface area contributed by atoms with Crippen molar-refractivity contribution in [3.05, 3.63) is 60.9 Å². The lowest BCUT2D eigenvalue weighted by Crippen LogP contribution is -2.15. The van der Waals surface area contributed by atoms with Gasteiger partial charge in [-0.1, -0.05) is 0 Å². The van der Waals surface area contributed by atoms with E-state index in [0.717, 1.165) is 18.5 Å². The van der Waals surface area contributed by atoms with Crippen LogP contribution in [-0.2, 0) is 16.2 Å². The van der Waals surface area contributed by atoms with E-state index in [0.29, 0.717) is 18.0 Å². The van der Waals surface area contributed by atoms with E-state index in [1.165, 1.54) is 23.2 Å². The van der Waals surface area contributed by atoms with Crippen molar-refractivity contribution in [2.24, 2.45) is 0 Å². The highest BCUT2D eigenvalue weighted by atomic mass is 32.2. The minimum atomic E-state index is -4.54. The van der Waals surface area contributed by atoms with Crippen LogP contribution in [0.1, 0.15) is 5.56 Å². The van der Waals surface area contributed by atoms with E-state index in [-0.39, 0.29) is 10.7 Å². The third-order valence-corrected chi connectivity index (χ3v) is 4.52. The van der Waals surface area contributed by atoms with E-state index < -0.39 is 21.8 Å². The van der Waals surface area contributed by atoms with Crippen LogP contribution < -0.4 is 4.72 Å². The van der Waals surface area contributed by atoms with Gasteiger partial charge in [0, 0.05) is 18.5 Å². The van der Waals surface area contributed by atoms with Gasteiger partial charge in [-0.25, -0.2) is 23.4 Å². The van der Waals surface area contributed by atoms with Crippen molar-refractivity contribution >= 4 is 15.8 Å². The summed E-state index contributed by atoms with van der Waals surface area (Å²) in [7, 11) is -4.09. The molecule has 0 aliphatic rings. The van der Waals surface area contributed by atoms with Gasteiger partial charge in [-0.2, -0.15) is 13.2 Å². The summed E-state index contributed by atoms with van der Waals surface area (Å²) in [6.45, 7) is 0. The lowest BCUT2D eigenvalue weighted by atomic mass is 10.2. The fourth-order valence-electron chi connectivity index (χ4n) is 1.96. The quantitative estimate of drug-likeness (QED) is 0.763. The van der Waals surface area contributed by atoms with Gasteiger partial charge in [-0.15, -0.1) is 0 Å². The van der Waals surface area contributed by atoms with Crippen LogP contribution >= 0.6 is 0 Å². The molecular weight excluding hydrogens is 359 g/mol. The first-order valence-corrected chi connectivity index (χ1v) is 8.24. The molecule has 7 nitrogen and oxygen atoms in total. The molecule has 0 bridgehead atoms. The normalized spacial score (nSPS) is 12.1.